The molecule has 4 aromatic rings. The topological polar surface area (TPSA) is 59.4 Å². The number of aromatic carboxylic acids is 1. The van der Waals surface area contributed by atoms with E-state index in [1.54, 1.807) is 12.1 Å². The summed E-state index contributed by atoms with van der Waals surface area (Å²) in [5, 5.41) is 8.98. The molecule has 35 heavy (non-hydrogen) atoms. The van der Waals surface area contributed by atoms with Gasteiger partial charge in [0, 0.05) is 17.3 Å². The zero-order chi connectivity index (χ0) is 25.2. The Kier molecular flexibility index (Phi) is 6.55. The van der Waals surface area contributed by atoms with Gasteiger partial charge in [-0.05, 0) is 59.5 Å². The summed E-state index contributed by atoms with van der Waals surface area (Å²) in [6.45, 7) is 1.88. The molecule has 0 fully saturated rings. The highest BCUT2D eigenvalue weighted by Gasteiger charge is 2.34. The number of halogens is 4. The van der Waals surface area contributed by atoms with Crippen molar-refractivity contribution in [2.24, 2.45) is 0 Å². The minimum absolute atomic E-state index is 0.00704. The Hall–Kier alpha value is -4.20. The van der Waals surface area contributed by atoms with E-state index in [2.05, 4.69) is 4.98 Å². The van der Waals surface area contributed by atoms with E-state index >= 15 is 0 Å². The molecule has 8 heteroatoms. The van der Waals surface area contributed by atoms with Crippen molar-refractivity contribution in [3.05, 3.63) is 107 Å². The van der Waals surface area contributed by atoms with Crippen LogP contribution in [0.1, 0.15) is 27.2 Å². The number of carboxylic acid groups (broad SMARTS) is 1. The molecule has 0 spiro atoms. The van der Waals surface area contributed by atoms with Gasteiger partial charge in [0.1, 0.15) is 23.9 Å². The molecule has 0 aliphatic carbocycles. The van der Waals surface area contributed by atoms with Crippen LogP contribution >= 0.6 is 0 Å². The molecule has 3 aromatic carbocycles. The zero-order valence-corrected chi connectivity index (χ0v) is 18.4. The van der Waals surface area contributed by atoms with E-state index in [9.17, 15) is 22.4 Å². The predicted molar refractivity (Wildman–Crippen MR) is 123 cm³/mol. The molecule has 4 rings (SSSR count). The van der Waals surface area contributed by atoms with Gasteiger partial charge in [0.25, 0.3) is 0 Å². The minimum Gasteiger partial charge on any atom is -0.489 e. The fraction of sp³-hybridized carbons (Fsp3) is 0.111. The maximum absolute atomic E-state index is 14.1. The SMILES string of the molecule is Cc1cc(COc2ccc(-c3ccccc3F)c(C(F)(F)F)c2)ccc1-c1ccc(C(=O)O)nc1. The van der Waals surface area contributed by atoms with E-state index in [4.69, 9.17) is 9.84 Å². The van der Waals surface area contributed by atoms with Crippen LogP contribution in [0.4, 0.5) is 17.6 Å². The van der Waals surface area contributed by atoms with Crippen LogP contribution in [-0.2, 0) is 12.8 Å². The average Bonchev–Trinajstić information content (AvgIpc) is 2.82. The maximum atomic E-state index is 14.1. The fourth-order valence-corrected chi connectivity index (χ4v) is 3.75. The van der Waals surface area contributed by atoms with Crippen molar-refractivity contribution in [3.63, 3.8) is 0 Å². The van der Waals surface area contributed by atoms with E-state index in [0.29, 0.717) is 0 Å². The van der Waals surface area contributed by atoms with Crippen molar-refractivity contribution in [2.45, 2.75) is 19.7 Å². The first-order valence-electron chi connectivity index (χ1n) is 10.5. The molecule has 0 aliphatic rings. The van der Waals surface area contributed by atoms with Crippen LogP contribution in [0.5, 0.6) is 5.75 Å². The van der Waals surface area contributed by atoms with Crippen LogP contribution in [0.2, 0.25) is 0 Å². The van der Waals surface area contributed by atoms with Gasteiger partial charge in [-0.1, -0.05) is 42.5 Å². The second-order valence-corrected chi connectivity index (χ2v) is 7.86. The van der Waals surface area contributed by atoms with E-state index < -0.39 is 23.5 Å². The number of pyridine rings is 1. The third-order valence-corrected chi connectivity index (χ3v) is 5.45. The van der Waals surface area contributed by atoms with Crippen LogP contribution in [0.25, 0.3) is 22.3 Å². The van der Waals surface area contributed by atoms with Gasteiger partial charge < -0.3 is 9.84 Å². The van der Waals surface area contributed by atoms with Crippen molar-refractivity contribution in [1.29, 1.82) is 0 Å². The Bertz CT molecular complexity index is 1380. The Labute approximate surface area is 198 Å². The number of ether oxygens (including phenoxy) is 1. The monoisotopic (exact) mass is 481 g/mol. The third-order valence-electron chi connectivity index (χ3n) is 5.45. The number of alkyl halides is 3. The van der Waals surface area contributed by atoms with E-state index in [-0.39, 0.29) is 29.2 Å². The van der Waals surface area contributed by atoms with Crippen LogP contribution in [0.15, 0.2) is 79.0 Å². The molecule has 1 N–H and O–H groups in total. The van der Waals surface area contributed by atoms with Crippen molar-refractivity contribution < 1.29 is 32.2 Å². The molecular weight excluding hydrogens is 462 g/mol. The largest absolute Gasteiger partial charge is 0.489 e. The van der Waals surface area contributed by atoms with Gasteiger partial charge in [0.15, 0.2) is 0 Å². The summed E-state index contributed by atoms with van der Waals surface area (Å²) in [6.07, 6.45) is -3.23. The molecule has 0 amide bonds. The number of nitrogens with zero attached hydrogens (tertiary/aromatic N) is 1. The quantitative estimate of drug-likeness (QED) is 0.297. The number of rotatable bonds is 6. The Morgan fingerprint density at radius 3 is 2.31 bits per heavy atom. The molecule has 0 radical (unpaired) electrons. The summed E-state index contributed by atoms with van der Waals surface area (Å²) >= 11 is 0. The number of benzene rings is 3. The van der Waals surface area contributed by atoms with Crippen molar-refractivity contribution in [3.8, 4) is 28.0 Å². The summed E-state index contributed by atoms with van der Waals surface area (Å²) < 4.78 is 60.9. The second kappa shape index (κ2) is 9.58. The summed E-state index contributed by atoms with van der Waals surface area (Å²) in [5.41, 5.74) is 1.73. The summed E-state index contributed by atoms with van der Waals surface area (Å²) in [5.74, 6) is -1.85. The number of hydrogen-bond acceptors (Lipinski definition) is 3. The average molecular weight is 481 g/mol. The van der Waals surface area contributed by atoms with Gasteiger partial charge in [-0.2, -0.15) is 13.2 Å². The molecule has 0 atom stereocenters. The molecule has 4 nitrogen and oxygen atoms in total. The first kappa shape index (κ1) is 23.9. The maximum Gasteiger partial charge on any atom is 0.417 e. The van der Waals surface area contributed by atoms with E-state index in [1.807, 2.05) is 19.1 Å². The molecule has 0 saturated carbocycles. The van der Waals surface area contributed by atoms with Gasteiger partial charge in [0.05, 0.1) is 5.56 Å². The van der Waals surface area contributed by atoms with Crippen LogP contribution in [0.3, 0.4) is 0 Å². The number of aryl methyl sites for hydroxylation is 1. The molecule has 0 saturated heterocycles. The Morgan fingerprint density at radius 1 is 0.943 bits per heavy atom. The smallest absolute Gasteiger partial charge is 0.417 e. The lowest BCUT2D eigenvalue weighted by atomic mass is 9.98. The van der Waals surface area contributed by atoms with Gasteiger partial charge in [0.2, 0.25) is 0 Å². The molecule has 178 valence electrons. The molecule has 1 heterocycles. The van der Waals surface area contributed by atoms with Crippen LogP contribution < -0.4 is 4.74 Å². The molecule has 0 unspecified atom stereocenters. The lowest BCUT2D eigenvalue weighted by Gasteiger charge is -2.16. The summed E-state index contributed by atoms with van der Waals surface area (Å²) in [4.78, 5) is 14.9. The first-order chi connectivity index (χ1) is 16.6. The van der Waals surface area contributed by atoms with Crippen LogP contribution in [0, 0.1) is 12.7 Å². The fourth-order valence-electron chi connectivity index (χ4n) is 3.75. The van der Waals surface area contributed by atoms with E-state index in [1.165, 1.54) is 42.6 Å². The Balaban J connectivity index is 1.55. The van der Waals surface area contributed by atoms with Gasteiger partial charge >= 0.3 is 12.1 Å². The highest BCUT2D eigenvalue weighted by atomic mass is 19.4. The number of carboxylic acids is 1. The zero-order valence-electron chi connectivity index (χ0n) is 18.4. The third kappa shape index (κ3) is 5.32. The molecule has 0 aliphatic heterocycles. The molecular formula is C27H19F4NO3. The van der Waals surface area contributed by atoms with Crippen molar-refractivity contribution >= 4 is 5.97 Å². The van der Waals surface area contributed by atoms with Gasteiger partial charge in [-0.3, -0.25) is 0 Å². The van der Waals surface area contributed by atoms with Crippen LogP contribution in [-0.4, -0.2) is 16.1 Å². The number of hydrogen-bond donors (Lipinski definition) is 1. The predicted octanol–water partition coefficient (Wildman–Crippen LogP) is 7.16. The van der Waals surface area contributed by atoms with Gasteiger partial charge in [-0.25, -0.2) is 14.2 Å². The highest BCUT2D eigenvalue weighted by molar-refractivity contribution is 5.85. The highest BCUT2D eigenvalue weighted by Crippen LogP contribution is 2.40. The van der Waals surface area contributed by atoms with Gasteiger partial charge in [-0.15, -0.1) is 0 Å². The van der Waals surface area contributed by atoms with Crippen molar-refractivity contribution in [2.75, 3.05) is 0 Å². The summed E-state index contributed by atoms with van der Waals surface area (Å²) in [7, 11) is 0. The number of carbonyl (C=O) groups is 1. The standard InChI is InChI=1S/C27H19F4NO3/c1-16-12-17(6-9-20(16)18-7-11-25(26(33)34)32-14-18)15-35-19-8-10-21(23(13-19)27(29,30)31)22-4-2-3-5-24(22)28/h2-14H,15H2,1H3,(H,33,34). The van der Waals surface area contributed by atoms with E-state index in [0.717, 1.165) is 34.4 Å². The molecule has 0 bridgehead atoms. The summed E-state index contributed by atoms with van der Waals surface area (Å²) in [6, 6.07) is 17.3. The lowest BCUT2D eigenvalue weighted by molar-refractivity contribution is -0.137. The molecule has 1 aromatic heterocycles. The Morgan fingerprint density at radius 2 is 1.69 bits per heavy atom. The minimum atomic E-state index is -4.69. The normalized spacial score (nSPS) is 11.3. The number of aromatic nitrogens is 1. The second-order valence-electron chi connectivity index (χ2n) is 7.86. The van der Waals surface area contributed by atoms with Crippen molar-refractivity contribution in [1.82, 2.24) is 4.98 Å². The lowest BCUT2D eigenvalue weighted by Crippen LogP contribution is -2.08. The first-order valence-corrected chi connectivity index (χ1v) is 10.5.